The largest absolute Gasteiger partial charge is 0.435 e. The fourth-order valence-electron chi connectivity index (χ4n) is 1.50. The third kappa shape index (κ3) is 7.28. The molecule has 1 N–H and O–H groups in total. The zero-order valence-electron chi connectivity index (χ0n) is 11.2. The summed E-state index contributed by atoms with van der Waals surface area (Å²) >= 11 is 0. The fraction of sp³-hybridized carbons (Fsp3) is 0.500. The van der Waals surface area contributed by atoms with Gasteiger partial charge in [0.2, 0.25) is 0 Å². The Morgan fingerprint density at radius 3 is 2.43 bits per heavy atom. The average Bonchev–Trinajstić information content (AvgIpc) is 2.35. The molecule has 1 aromatic carbocycles. The molecule has 1 rings (SSSR count). The number of nitrogens with one attached hydrogen (secondary N) is 1. The van der Waals surface area contributed by atoms with Crippen molar-refractivity contribution in [1.82, 2.24) is 5.32 Å². The molecule has 9 heteroatoms. The van der Waals surface area contributed by atoms with E-state index in [0.717, 1.165) is 6.07 Å². The summed E-state index contributed by atoms with van der Waals surface area (Å²) in [6.45, 7) is -5.53. The Morgan fingerprint density at radius 2 is 1.86 bits per heavy atom. The third-order valence-corrected chi connectivity index (χ3v) is 3.14. The lowest BCUT2D eigenvalue weighted by molar-refractivity contribution is -0.0546. The van der Waals surface area contributed by atoms with Gasteiger partial charge in [-0.05, 0) is 6.07 Å². The van der Waals surface area contributed by atoms with Crippen molar-refractivity contribution >= 4 is 10.8 Å². The minimum atomic E-state index is -3.08. The highest BCUT2D eigenvalue weighted by molar-refractivity contribution is 7.84. The van der Waals surface area contributed by atoms with Gasteiger partial charge in [-0.3, -0.25) is 4.21 Å². The van der Waals surface area contributed by atoms with Gasteiger partial charge in [0.25, 0.3) is 0 Å². The van der Waals surface area contributed by atoms with Crippen LogP contribution in [0, 0.1) is 0 Å². The number of hydrogen-bond donors (Lipinski definition) is 1. The summed E-state index contributed by atoms with van der Waals surface area (Å²) in [5, 5.41) is 2.90. The van der Waals surface area contributed by atoms with Crippen LogP contribution in [0.5, 0.6) is 11.5 Å². The summed E-state index contributed by atoms with van der Waals surface area (Å²) in [6, 6.07) is 3.57. The van der Waals surface area contributed by atoms with Crippen molar-refractivity contribution in [3.63, 3.8) is 0 Å². The molecule has 0 bridgehead atoms. The maximum atomic E-state index is 12.3. The van der Waals surface area contributed by atoms with Gasteiger partial charge in [0.15, 0.2) is 0 Å². The molecule has 1 aromatic rings. The summed E-state index contributed by atoms with van der Waals surface area (Å²) < 4.78 is 68.1. The highest BCUT2D eigenvalue weighted by atomic mass is 32.2. The van der Waals surface area contributed by atoms with Crippen molar-refractivity contribution in [2.45, 2.75) is 19.8 Å². The molecule has 0 radical (unpaired) electrons. The van der Waals surface area contributed by atoms with Crippen molar-refractivity contribution in [1.29, 1.82) is 0 Å². The lowest BCUT2D eigenvalue weighted by Gasteiger charge is -2.13. The van der Waals surface area contributed by atoms with Gasteiger partial charge in [-0.1, -0.05) is 6.07 Å². The first-order valence-corrected chi connectivity index (χ1v) is 7.64. The first-order valence-electron chi connectivity index (χ1n) is 5.91. The number of benzene rings is 1. The average molecular weight is 329 g/mol. The maximum absolute atomic E-state index is 12.3. The van der Waals surface area contributed by atoms with Gasteiger partial charge in [0.1, 0.15) is 11.5 Å². The van der Waals surface area contributed by atoms with Crippen LogP contribution < -0.4 is 14.8 Å². The summed E-state index contributed by atoms with van der Waals surface area (Å²) in [4.78, 5) is 0. The predicted molar refractivity (Wildman–Crippen MR) is 70.3 cm³/mol. The van der Waals surface area contributed by atoms with Crippen LogP contribution in [0.4, 0.5) is 17.6 Å². The maximum Gasteiger partial charge on any atom is 0.387 e. The van der Waals surface area contributed by atoms with Gasteiger partial charge in [0, 0.05) is 47.5 Å². The molecule has 0 spiro atoms. The van der Waals surface area contributed by atoms with E-state index in [1.54, 1.807) is 6.26 Å². The van der Waals surface area contributed by atoms with Crippen LogP contribution in [0.25, 0.3) is 0 Å². The normalized spacial score (nSPS) is 12.7. The Labute approximate surface area is 121 Å². The molecule has 0 fully saturated rings. The lowest BCUT2D eigenvalue weighted by Crippen LogP contribution is -2.20. The van der Waals surface area contributed by atoms with Crippen molar-refractivity contribution in [3.05, 3.63) is 23.8 Å². The standard InChI is InChI=1S/C12H15F4NO3S/c1-21(18)5-4-17-7-8-2-3-9(19-11(13)14)6-10(8)20-12(15)16/h2-3,6,11-12,17H,4-5,7H2,1H3. The van der Waals surface area contributed by atoms with Gasteiger partial charge in [0.05, 0.1) is 0 Å². The molecular formula is C12H15F4NO3S. The predicted octanol–water partition coefficient (Wildman–Crippen LogP) is 2.36. The van der Waals surface area contributed by atoms with E-state index in [4.69, 9.17) is 0 Å². The number of ether oxygens (including phenoxy) is 2. The topological polar surface area (TPSA) is 47.6 Å². The Hall–Kier alpha value is -1.35. The second-order valence-corrected chi connectivity index (χ2v) is 5.54. The van der Waals surface area contributed by atoms with E-state index in [1.165, 1.54) is 12.1 Å². The highest BCUT2D eigenvalue weighted by Crippen LogP contribution is 2.27. The van der Waals surface area contributed by atoms with Crippen molar-refractivity contribution in [2.75, 3.05) is 18.6 Å². The van der Waals surface area contributed by atoms with E-state index in [2.05, 4.69) is 14.8 Å². The second-order valence-electron chi connectivity index (χ2n) is 3.98. The third-order valence-electron chi connectivity index (χ3n) is 2.36. The molecule has 1 unspecified atom stereocenters. The molecule has 0 saturated carbocycles. The zero-order chi connectivity index (χ0) is 15.8. The molecule has 1 atom stereocenters. The minimum Gasteiger partial charge on any atom is -0.435 e. The molecule has 0 aliphatic rings. The minimum absolute atomic E-state index is 0.175. The molecule has 0 aliphatic heterocycles. The first kappa shape index (κ1) is 17.7. The molecular weight excluding hydrogens is 314 g/mol. The molecule has 0 amide bonds. The molecule has 0 saturated heterocycles. The van der Waals surface area contributed by atoms with Crippen molar-refractivity contribution in [3.8, 4) is 11.5 Å². The van der Waals surface area contributed by atoms with E-state index < -0.39 is 24.0 Å². The Bertz CT molecular complexity index is 474. The molecule has 120 valence electrons. The Balaban J connectivity index is 2.73. The summed E-state index contributed by atoms with van der Waals surface area (Å²) in [5.41, 5.74) is 0.360. The van der Waals surface area contributed by atoms with Crippen LogP contribution in [-0.4, -0.2) is 36.0 Å². The molecule has 4 nitrogen and oxygen atoms in total. The second kappa shape index (κ2) is 8.83. The van der Waals surface area contributed by atoms with Gasteiger partial charge in [-0.2, -0.15) is 17.6 Å². The quantitative estimate of drug-likeness (QED) is 0.558. The number of alkyl halides is 4. The molecule has 0 aliphatic carbocycles. The number of halogens is 4. The fourth-order valence-corrected chi connectivity index (χ4v) is 1.93. The van der Waals surface area contributed by atoms with Gasteiger partial charge < -0.3 is 14.8 Å². The van der Waals surface area contributed by atoms with Crippen LogP contribution in [-0.2, 0) is 17.3 Å². The molecule has 0 heterocycles. The SMILES string of the molecule is CS(=O)CCNCc1ccc(OC(F)F)cc1OC(F)F. The zero-order valence-corrected chi connectivity index (χ0v) is 12.0. The first-order chi connectivity index (χ1) is 9.88. The molecule has 21 heavy (non-hydrogen) atoms. The van der Waals surface area contributed by atoms with E-state index >= 15 is 0 Å². The summed E-state index contributed by atoms with van der Waals surface area (Å²) in [5.74, 6) is -0.0928. The van der Waals surface area contributed by atoms with Crippen molar-refractivity contribution < 1.29 is 31.2 Å². The van der Waals surface area contributed by atoms with E-state index in [9.17, 15) is 21.8 Å². The monoisotopic (exact) mass is 329 g/mol. The van der Waals surface area contributed by atoms with Crippen LogP contribution in [0.2, 0.25) is 0 Å². The summed E-state index contributed by atoms with van der Waals surface area (Å²) in [7, 11) is -0.965. The number of hydrogen-bond acceptors (Lipinski definition) is 4. The van der Waals surface area contributed by atoms with Crippen LogP contribution in [0.1, 0.15) is 5.56 Å². The molecule has 0 aromatic heterocycles. The number of rotatable bonds is 9. The van der Waals surface area contributed by atoms with Crippen LogP contribution in [0.3, 0.4) is 0 Å². The van der Waals surface area contributed by atoms with Crippen molar-refractivity contribution in [2.24, 2.45) is 0 Å². The van der Waals surface area contributed by atoms with Crippen LogP contribution >= 0.6 is 0 Å². The van der Waals surface area contributed by atoms with Gasteiger partial charge in [-0.25, -0.2) is 0 Å². The van der Waals surface area contributed by atoms with Gasteiger partial charge in [-0.15, -0.1) is 0 Å². The smallest absolute Gasteiger partial charge is 0.387 e. The van der Waals surface area contributed by atoms with Crippen LogP contribution in [0.15, 0.2) is 18.2 Å². The Morgan fingerprint density at radius 1 is 1.19 bits per heavy atom. The Kier molecular flexibility index (Phi) is 7.44. The van der Waals surface area contributed by atoms with Gasteiger partial charge >= 0.3 is 13.2 Å². The van der Waals surface area contributed by atoms with E-state index in [0.29, 0.717) is 17.9 Å². The van der Waals surface area contributed by atoms with E-state index in [1.807, 2.05) is 0 Å². The highest BCUT2D eigenvalue weighted by Gasteiger charge is 2.13. The van der Waals surface area contributed by atoms with E-state index in [-0.39, 0.29) is 18.0 Å². The lowest BCUT2D eigenvalue weighted by atomic mass is 10.2. The summed E-state index contributed by atoms with van der Waals surface area (Å²) in [6.07, 6.45) is 1.55.